The topological polar surface area (TPSA) is 28.7 Å². The molecule has 0 atom stereocenters. The summed E-state index contributed by atoms with van der Waals surface area (Å²) in [6, 6.07) is 8.30. The molecule has 76 valence electrons. The molecule has 2 rings (SSSR count). The van der Waals surface area contributed by atoms with Crippen molar-refractivity contribution in [1.82, 2.24) is 4.57 Å². The van der Waals surface area contributed by atoms with Crippen molar-refractivity contribution in [1.29, 1.82) is 5.26 Å². The van der Waals surface area contributed by atoms with Gasteiger partial charge in [0.25, 0.3) is 0 Å². The minimum atomic E-state index is 0.750. The second-order valence-electron chi connectivity index (χ2n) is 3.51. The van der Waals surface area contributed by atoms with Crippen LogP contribution in [0.25, 0.3) is 10.9 Å². The maximum absolute atomic E-state index is 9.03. The van der Waals surface area contributed by atoms with Crippen molar-refractivity contribution < 1.29 is 0 Å². The fourth-order valence-corrected chi connectivity index (χ4v) is 2.15. The summed E-state index contributed by atoms with van der Waals surface area (Å²) in [5.74, 6) is 0. The highest BCUT2D eigenvalue weighted by Crippen LogP contribution is 2.24. The van der Waals surface area contributed by atoms with E-state index in [0.29, 0.717) is 0 Å². The Kier molecular flexibility index (Phi) is 2.79. The number of hydrogen-bond acceptors (Lipinski definition) is 1. The van der Waals surface area contributed by atoms with Crippen LogP contribution in [0.4, 0.5) is 0 Å². The molecule has 0 radical (unpaired) electrons. The van der Waals surface area contributed by atoms with Gasteiger partial charge >= 0.3 is 0 Å². The van der Waals surface area contributed by atoms with Crippen molar-refractivity contribution in [2.45, 2.75) is 19.9 Å². The number of benzene rings is 1. The van der Waals surface area contributed by atoms with E-state index >= 15 is 0 Å². The number of fused-ring (bicyclic) bond motifs is 1. The van der Waals surface area contributed by atoms with Crippen LogP contribution >= 0.6 is 15.9 Å². The Bertz CT molecular complexity index is 534. The highest BCUT2D eigenvalue weighted by molar-refractivity contribution is 9.10. The molecule has 2 aromatic rings. The Morgan fingerprint density at radius 1 is 1.47 bits per heavy atom. The van der Waals surface area contributed by atoms with Crippen LogP contribution in [0.1, 0.15) is 18.9 Å². The second kappa shape index (κ2) is 4.08. The summed E-state index contributed by atoms with van der Waals surface area (Å²) < 4.78 is 3.15. The van der Waals surface area contributed by atoms with Gasteiger partial charge in [0.2, 0.25) is 0 Å². The molecule has 0 N–H and O–H groups in total. The summed E-state index contributed by atoms with van der Waals surface area (Å²) >= 11 is 3.43. The van der Waals surface area contributed by atoms with E-state index in [1.807, 2.05) is 18.3 Å². The van der Waals surface area contributed by atoms with Crippen LogP contribution in [-0.4, -0.2) is 4.57 Å². The maximum atomic E-state index is 9.03. The van der Waals surface area contributed by atoms with Crippen LogP contribution < -0.4 is 0 Å². The number of aryl methyl sites for hydroxylation is 1. The van der Waals surface area contributed by atoms with Gasteiger partial charge in [-0.05, 0) is 24.6 Å². The number of rotatable bonds is 2. The molecular formula is C12H11BrN2. The first kappa shape index (κ1) is 10.3. The second-order valence-corrected chi connectivity index (χ2v) is 4.43. The molecule has 0 aliphatic carbocycles. The van der Waals surface area contributed by atoms with E-state index in [0.717, 1.165) is 33.9 Å². The molecule has 0 saturated carbocycles. The summed E-state index contributed by atoms with van der Waals surface area (Å²) in [7, 11) is 0. The van der Waals surface area contributed by atoms with Gasteiger partial charge in [-0.1, -0.05) is 22.9 Å². The molecule has 0 spiro atoms. The van der Waals surface area contributed by atoms with E-state index in [1.165, 1.54) is 0 Å². The molecule has 2 nitrogen and oxygen atoms in total. The van der Waals surface area contributed by atoms with Crippen LogP contribution in [0.5, 0.6) is 0 Å². The minimum absolute atomic E-state index is 0.750. The fraction of sp³-hybridized carbons (Fsp3) is 0.250. The highest BCUT2D eigenvalue weighted by atomic mass is 79.9. The Morgan fingerprint density at radius 2 is 2.27 bits per heavy atom. The lowest BCUT2D eigenvalue weighted by atomic mass is 10.2. The van der Waals surface area contributed by atoms with Crippen molar-refractivity contribution in [2.24, 2.45) is 0 Å². The molecule has 15 heavy (non-hydrogen) atoms. The molecular weight excluding hydrogens is 252 g/mol. The normalized spacial score (nSPS) is 10.5. The molecule has 0 unspecified atom stereocenters. The van der Waals surface area contributed by atoms with Crippen LogP contribution in [0.2, 0.25) is 0 Å². The largest absolute Gasteiger partial charge is 0.346 e. The molecule has 0 aliphatic heterocycles. The number of hydrogen-bond donors (Lipinski definition) is 0. The van der Waals surface area contributed by atoms with Gasteiger partial charge in [0, 0.05) is 28.1 Å². The van der Waals surface area contributed by atoms with Gasteiger partial charge < -0.3 is 4.57 Å². The van der Waals surface area contributed by atoms with E-state index in [4.69, 9.17) is 5.26 Å². The Labute approximate surface area is 97.3 Å². The van der Waals surface area contributed by atoms with Crippen molar-refractivity contribution >= 4 is 26.8 Å². The van der Waals surface area contributed by atoms with Crippen LogP contribution in [0.15, 0.2) is 28.9 Å². The van der Waals surface area contributed by atoms with Gasteiger partial charge in [-0.3, -0.25) is 0 Å². The highest BCUT2D eigenvalue weighted by Gasteiger charge is 2.07. The molecule has 0 aliphatic rings. The van der Waals surface area contributed by atoms with Crippen molar-refractivity contribution in [2.75, 3.05) is 0 Å². The quantitative estimate of drug-likeness (QED) is 0.812. The third-order valence-corrected chi connectivity index (χ3v) is 2.92. The van der Waals surface area contributed by atoms with Crippen LogP contribution in [0.3, 0.4) is 0 Å². The fourth-order valence-electron chi connectivity index (χ4n) is 1.78. The van der Waals surface area contributed by atoms with Gasteiger partial charge in [0.15, 0.2) is 0 Å². The molecule has 0 fully saturated rings. The molecule has 1 aromatic carbocycles. The zero-order chi connectivity index (χ0) is 10.8. The van der Waals surface area contributed by atoms with Crippen molar-refractivity contribution in [3.8, 4) is 6.07 Å². The monoisotopic (exact) mass is 262 g/mol. The van der Waals surface area contributed by atoms with Gasteiger partial charge in [0.05, 0.1) is 5.56 Å². The first-order chi connectivity index (χ1) is 7.26. The number of aromatic nitrogens is 1. The van der Waals surface area contributed by atoms with E-state index in [-0.39, 0.29) is 0 Å². The minimum Gasteiger partial charge on any atom is -0.346 e. The first-order valence-corrected chi connectivity index (χ1v) is 5.74. The van der Waals surface area contributed by atoms with Crippen molar-refractivity contribution in [3.63, 3.8) is 0 Å². The maximum Gasteiger partial charge on any atom is 0.101 e. The lowest BCUT2D eigenvalue weighted by Gasteiger charge is -2.01. The summed E-state index contributed by atoms with van der Waals surface area (Å²) in [4.78, 5) is 0. The molecule has 3 heteroatoms. The van der Waals surface area contributed by atoms with Gasteiger partial charge in [-0.2, -0.15) is 5.26 Å². The average molecular weight is 263 g/mol. The number of halogens is 1. The SMILES string of the molecule is CCCn1cc(C#N)c2cc(Br)ccc21. The Balaban J connectivity index is 2.71. The Morgan fingerprint density at radius 3 is 2.93 bits per heavy atom. The van der Waals surface area contributed by atoms with E-state index in [2.05, 4.69) is 39.6 Å². The number of nitrogens with zero attached hydrogens (tertiary/aromatic N) is 2. The zero-order valence-corrected chi connectivity index (χ0v) is 10.1. The molecule has 0 amide bonds. The van der Waals surface area contributed by atoms with Gasteiger partial charge in [-0.15, -0.1) is 0 Å². The summed E-state index contributed by atoms with van der Waals surface area (Å²) in [6.45, 7) is 3.09. The smallest absolute Gasteiger partial charge is 0.101 e. The first-order valence-electron chi connectivity index (χ1n) is 4.94. The molecule has 1 aromatic heterocycles. The third kappa shape index (κ3) is 1.78. The lowest BCUT2D eigenvalue weighted by molar-refractivity contribution is 0.703. The number of nitriles is 1. The van der Waals surface area contributed by atoms with Gasteiger partial charge in [-0.25, -0.2) is 0 Å². The van der Waals surface area contributed by atoms with Crippen molar-refractivity contribution in [3.05, 3.63) is 34.4 Å². The zero-order valence-electron chi connectivity index (χ0n) is 8.50. The van der Waals surface area contributed by atoms with Gasteiger partial charge in [0.1, 0.15) is 6.07 Å². The van der Waals surface area contributed by atoms with Crippen LogP contribution in [-0.2, 0) is 6.54 Å². The molecule has 0 bridgehead atoms. The van der Waals surface area contributed by atoms with Crippen LogP contribution in [0, 0.1) is 11.3 Å². The average Bonchev–Trinajstić information content (AvgIpc) is 2.56. The summed E-state index contributed by atoms with van der Waals surface area (Å²) in [5, 5.41) is 10.1. The van der Waals surface area contributed by atoms with E-state index in [9.17, 15) is 0 Å². The predicted octanol–water partition coefficient (Wildman–Crippen LogP) is 3.69. The third-order valence-electron chi connectivity index (χ3n) is 2.43. The predicted molar refractivity (Wildman–Crippen MR) is 64.6 cm³/mol. The Hall–Kier alpha value is -1.27. The van der Waals surface area contributed by atoms with E-state index < -0.39 is 0 Å². The molecule has 1 heterocycles. The molecule has 0 saturated heterocycles. The lowest BCUT2D eigenvalue weighted by Crippen LogP contribution is -1.93. The standard InChI is InChI=1S/C12H11BrN2/c1-2-5-15-8-9(7-14)11-6-10(13)3-4-12(11)15/h3-4,6,8H,2,5H2,1H3. The summed E-state index contributed by atoms with van der Waals surface area (Å²) in [5.41, 5.74) is 1.89. The summed E-state index contributed by atoms with van der Waals surface area (Å²) in [6.07, 6.45) is 3.01. The van der Waals surface area contributed by atoms with E-state index in [1.54, 1.807) is 0 Å².